The number of aliphatic hydroxyl groups excluding tert-OH is 1. The van der Waals surface area contributed by atoms with Crippen LogP contribution < -0.4 is 4.74 Å². The van der Waals surface area contributed by atoms with Crippen LogP contribution in [-0.2, 0) is 18.3 Å². The maximum absolute atomic E-state index is 10.6. The largest absolute Gasteiger partial charge is 0.439 e. The number of benzene rings is 2. The van der Waals surface area contributed by atoms with Gasteiger partial charge in [-0.25, -0.2) is 4.68 Å². The molecule has 0 aliphatic heterocycles. The lowest BCUT2D eigenvalue weighted by Gasteiger charge is -2.30. The van der Waals surface area contributed by atoms with Gasteiger partial charge < -0.3 is 14.6 Å². The van der Waals surface area contributed by atoms with Crippen molar-refractivity contribution in [3.63, 3.8) is 0 Å². The van der Waals surface area contributed by atoms with Crippen molar-refractivity contribution in [2.24, 2.45) is 7.05 Å². The van der Waals surface area contributed by atoms with Gasteiger partial charge in [-0.15, -0.1) is 6.58 Å². The molecule has 0 aliphatic rings. The first kappa shape index (κ1) is 25.7. The molecule has 34 heavy (non-hydrogen) atoms. The molecule has 0 spiro atoms. The fraction of sp³-hybridized carbons (Fsp3) is 0.393. The molecule has 0 radical (unpaired) electrons. The lowest BCUT2D eigenvalue weighted by Crippen LogP contribution is -2.40. The minimum Gasteiger partial charge on any atom is -0.439 e. The highest BCUT2D eigenvalue weighted by atomic mass is 16.5. The SMILES string of the molecule is C=CCOC[C@H](O)CN(Cc1c(-c2ccccc2)nn(C)c1Oc1ccc(C)cc1)[C@H](C)CC. The van der Waals surface area contributed by atoms with Crippen LogP contribution in [0.5, 0.6) is 11.6 Å². The maximum atomic E-state index is 10.6. The molecular formula is C28H37N3O3. The van der Waals surface area contributed by atoms with Crippen LogP contribution in [0, 0.1) is 6.92 Å². The average molecular weight is 464 g/mol. The smallest absolute Gasteiger partial charge is 0.222 e. The monoisotopic (exact) mass is 463 g/mol. The van der Waals surface area contributed by atoms with Gasteiger partial charge in [0, 0.05) is 31.7 Å². The van der Waals surface area contributed by atoms with Gasteiger partial charge >= 0.3 is 0 Å². The van der Waals surface area contributed by atoms with Gasteiger partial charge in [-0.05, 0) is 32.4 Å². The van der Waals surface area contributed by atoms with Crippen LogP contribution >= 0.6 is 0 Å². The predicted molar refractivity (Wildman–Crippen MR) is 137 cm³/mol. The van der Waals surface area contributed by atoms with Gasteiger partial charge in [0.05, 0.1) is 24.9 Å². The molecule has 0 amide bonds. The summed E-state index contributed by atoms with van der Waals surface area (Å²) >= 11 is 0. The van der Waals surface area contributed by atoms with Crippen molar-refractivity contribution >= 4 is 0 Å². The van der Waals surface area contributed by atoms with E-state index in [0.29, 0.717) is 25.6 Å². The summed E-state index contributed by atoms with van der Waals surface area (Å²) in [5.74, 6) is 1.47. The van der Waals surface area contributed by atoms with E-state index in [1.54, 1.807) is 10.8 Å². The lowest BCUT2D eigenvalue weighted by atomic mass is 10.1. The molecule has 6 nitrogen and oxygen atoms in total. The molecule has 182 valence electrons. The van der Waals surface area contributed by atoms with Gasteiger partial charge in [0.25, 0.3) is 0 Å². The summed E-state index contributed by atoms with van der Waals surface area (Å²) in [6.45, 7) is 11.8. The van der Waals surface area contributed by atoms with E-state index in [1.807, 2.05) is 49.5 Å². The minimum atomic E-state index is -0.604. The maximum Gasteiger partial charge on any atom is 0.222 e. The molecule has 0 saturated heterocycles. The summed E-state index contributed by atoms with van der Waals surface area (Å²) in [5.41, 5.74) is 4.09. The summed E-state index contributed by atoms with van der Waals surface area (Å²) in [6, 6.07) is 18.4. The van der Waals surface area contributed by atoms with Crippen LogP contribution in [0.15, 0.2) is 67.3 Å². The van der Waals surface area contributed by atoms with E-state index >= 15 is 0 Å². The van der Waals surface area contributed by atoms with Crippen molar-refractivity contribution in [3.05, 3.63) is 78.4 Å². The van der Waals surface area contributed by atoms with Crippen LogP contribution in [0.3, 0.4) is 0 Å². The fourth-order valence-corrected chi connectivity index (χ4v) is 3.84. The van der Waals surface area contributed by atoms with Crippen LogP contribution in [0.4, 0.5) is 0 Å². The normalized spacial score (nSPS) is 13.1. The number of hydrogen-bond acceptors (Lipinski definition) is 5. The third kappa shape index (κ3) is 6.79. The van der Waals surface area contributed by atoms with Gasteiger partial charge in [-0.1, -0.05) is 61.0 Å². The zero-order chi connectivity index (χ0) is 24.5. The molecule has 0 unspecified atom stereocenters. The van der Waals surface area contributed by atoms with E-state index in [0.717, 1.165) is 29.0 Å². The van der Waals surface area contributed by atoms with Gasteiger partial charge in [0.1, 0.15) is 11.4 Å². The lowest BCUT2D eigenvalue weighted by molar-refractivity contribution is 0.0156. The first-order valence-corrected chi connectivity index (χ1v) is 11.9. The van der Waals surface area contributed by atoms with Crippen molar-refractivity contribution < 1.29 is 14.6 Å². The molecule has 1 N–H and O–H groups in total. The molecule has 2 aromatic carbocycles. The highest BCUT2D eigenvalue weighted by molar-refractivity contribution is 5.65. The Kier molecular flexibility index (Phi) is 9.45. The van der Waals surface area contributed by atoms with Crippen molar-refractivity contribution in [1.82, 2.24) is 14.7 Å². The Morgan fingerprint density at radius 2 is 1.85 bits per heavy atom. The second-order valence-electron chi connectivity index (χ2n) is 8.70. The Morgan fingerprint density at radius 1 is 1.15 bits per heavy atom. The summed E-state index contributed by atoms with van der Waals surface area (Å²) in [7, 11) is 1.91. The molecule has 3 rings (SSSR count). The number of aryl methyl sites for hydroxylation is 2. The van der Waals surface area contributed by atoms with E-state index in [4.69, 9.17) is 14.6 Å². The summed E-state index contributed by atoms with van der Waals surface area (Å²) in [4.78, 5) is 2.27. The fourth-order valence-electron chi connectivity index (χ4n) is 3.84. The number of rotatable bonds is 13. The second kappa shape index (κ2) is 12.5. The number of aromatic nitrogens is 2. The molecule has 6 heteroatoms. The molecule has 1 aromatic heterocycles. The second-order valence-corrected chi connectivity index (χ2v) is 8.70. The van der Waals surface area contributed by atoms with Gasteiger partial charge in [0.15, 0.2) is 0 Å². The van der Waals surface area contributed by atoms with Crippen LogP contribution in [-0.4, -0.2) is 51.7 Å². The molecule has 0 fully saturated rings. The molecular weight excluding hydrogens is 426 g/mol. The van der Waals surface area contributed by atoms with E-state index in [-0.39, 0.29) is 12.6 Å². The van der Waals surface area contributed by atoms with Gasteiger partial charge in [-0.3, -0.25) is 4.90 Å². The number of hydrogen-bond donors (Lipinski definition) is 1. The molecule has 0 saturated carbocycles. The van der Waals surface area contributed by atoms with E-state index in [1.165, 1.54) is 5.56 Å². The van der Waals surface area contributed by atoms with Crippen molar-refractivity contribution in [2.75, 3.05) is 19.8 Å². The Bertz CT molecular complexity index is 1030. The molecule has 3 aromatic rings. The Balaban J connectivity index is 1.96. The Labute approximate surface area is 203 Å². The van der Waals surface area contributed by atoms with E-state index in [9.17, 15) is 5.11 Å². The van der Waals surface area contributed by atoms with E-state index < -0.39 is 6.10 Å². The Morgan fingerprint density at radius 3 is 2.50 bits per heavy atom. The van der Waals surface area contributed by atoms with Crippen molar-refractivity contribution in [2.45, 2.75) is 45.9 Å². The zero-order valence-corrected chi connectivity index (χ0v) is 20.8. The summed E-state index contributed by atoms with van der Waals surface area (Å²) in [6.07, 6.45) is 2.04. The number of aliphatic hydroxyl groups is 1. The first-order chi connectivity index (χ1) is 16.4. The Hall–Kier alpha value is -2.93. The highest BCUT2D eigenvalue weighted by Crippen LogP contribution is 2.34. The van der Waals surface area contributed by atoms with Crippen LogP contribution in [0.2, 0.25) is 0 Å². The standard InChI is InChI=1S/C28H37N3O3/c1-6-17-33-20-24(32)18-31(22(4)7-2)19-26-27(23-11-9-8-10-12-23)29-30(5)28(26)34-25-15-13-21(3)14-16-25/h6,8-16,22,24,32H,1,7,17-20H2,2-5H3/t22-,24-/m1/s1. The molecule has 0 bridgehead atoms. The molecule has 0 aliphatic carbocycles. The minimum absolute atomic E-state index is 0.255. The third-order valence-corrected chi connectivity index (χ3v) is 5.94. The van der Waals surface area contributed by atoms with Crippen LogP contribution in [0.25, 0.3) is 11.3 Å². The van der Waals surface area contributed by atoms with Crippen molar-refractivity contribution in [3.8, 4) is 22.9 Å². The summed E-state index contributed by atoms with van der Waals surface area (Å²) in [5, 5.41) is 15.5. The zero-order valence-electron chi connectivity index (χ0n) is 20.8. The van der Waals surface area contributed by atoms with Gasteiger partial charge in [0.2, 0.25) is 5.88 Å². The number of ether oxygens (including phenoxy) is 2. The quantitative estimate of drug-likeness (QED) is 0.273. The van der Waals surface area contributed by atoms with Gasteiger partial charge in [-0.2, -0.15) is 5.10 Å². The molecule has 1 heterocycles. The molecule has 2 atom stereocenters. The third-order valence-electron chi connectivity index (χ3n) is 5.94. The van der Waals surface area contributed by atoms with E-state index in [2.05, 4.69) is 44.4 Å². The first-order valence-electron chi connectivity index (χ1n) is 11.9. The topological polar surface area (TPSA) is 59.8 Å². The van der Waals surface area contributed by atoms with Crippen LogP contribution in [0.1, 0.15) is 31.4 Å². The van der Waals surface area contributed by atoms with Crippen molar-refractivity contribution in [1.29, 1.82) is 0 Å². The predicted octanol–water partition coefficient (Wildman–Crippen LogP) is 5.35. The highest BCUT2D eigenvalue weighted by Gasteiger charge is 2.25. The average Bonchev–Trinajstić information content (AvgIpc) is 3.15. The number of nitrogens with zero attached hydrogens (tertiary/aromatic N) is 3. The summed E-state index contributed by atoms with van der Waals surface area (Å²) < 4.78 is 13.7.